The molecule has 0 bridgehead atoms. The summed E-state index contributed by atoms with van der Waals surface area (Å²) in [6.45, 7) is 7.21. The summed E-state index contributed by atoms with van der Waals surface area (Å²) in [7, 11) is -3.06. The Labute approximate surface area is 91.0 Å². The van der Waals surface area contributed by atoms with E-state index in [1.165, 1.54) is 6.21 Å². The first-order valence-electron chi connectivity index (χ1n) is 5.01. The molecule has 0 aromatic carbocycles. The molecule has 5 nitrogen and oxygen atoms in total. The van der Waals surface area contributed by atoms with Crippen molar-refractivity contribution >= 4 is 13.8 Å². The van der Waals surface area contributed by atoms with Crippen LogP contribution in [-0.4, -0.2) is 29.8 Å². The zero-order valence-electron chi connectivity index (χ0n) is 9.71. The number of oxime groups is 1. The van der Waals surface area contributed by atoms with Gasteiger partial charge in [-0.05, 0) is 34.1 Å². The van der Waals surface area contributed by atoms with E-state index in [0.29, 0.717) is 6.42 Å². The number of nitrogens with zero attached hydrogens (tertiary/aromatic N) is 1. The molecule has 0 aromatic heterocycles. The maximum Gasteiger partial charge on any atom is 0.331 e. The highest BCUT2D eigenvalue weighted by Crippen LogP contribution is 2.50. The Morgan fingerprint density at radius 1 is 1.27 bits per heavy atom. The standard InChI is InChI=1S/C9H20NO4P/c1-8(2)13-15(12,14-9(3)4)7-5-6-10-11/h6,8-9,11H,5,7H2,1-4H3. The van der Waals surface area contributed by atoms with E-state index in [-0.39, 0.29) is 18.4 Å². The van der Waals surface area contributed by atoms with E-state index in [0.717, 1.165) is 0 Å². The van der Waals surface area contributed by atoms with Crippen molar-refractivity contribution in [3.63, 3.8) is 0 Å². The normalized spacial score (nSPS) is 13.2. The summed E-state index contributed by atoms with van der Waals surface area (Å²) in [6.07, 6.45) is 1.57. The summed E-state index contributed by atoms with van der Waals surface area (Å²) >= 11 is 0. The van der Waals surface area contributed by atoms with Crippen LogP contribution in [0.1, 0.15) is 34.1 Å². The molecule has 0 heterocycles. The molecule has 0 unspecified atom stereocenters. The van der Waals surface area contributed by atoms with Crippen molar-refractivity contribution in [2.24, 2.45) is 5.16 Å². The van der Waals surface area contributed by atoms with Gasteiger partial charge in [0.05, 0.1) is 18.4 Å². The molecule has 0 atom stereocenters. The van der Waals surface area contributed by atoms with Crippen LogP contribution < -0.4 is 0 Å². The third-order valence-electron chi connectivity index (χ3n) is 1.36. The number of rotatable bonds is 7. The lowest BCUT2D eigenvalue weighted by Gasteiger charge is -2.22. The van der Waals surface area contributed by atoms with E-state index in [9.17, 15) is 4.57 Å². The molecule has 0 spiro atoms. The minimum atomic E-state index is -3.06. The van der Waals surface area contributed by atoms with Gasteiger partial charge in [0, 0.05) is 6.21 Å². The Morgan fingerprint density at radius 3 is 2.07 bits per heavy atom. The second-order valence-electron chi connectivity index (χ2n) is 3.73. The third-order valence-corrected chi connectivity index (χ3v) is 3.65. The topological polar surface area (TPSA) is 68.1 Å². The van der Waals surface area contributed by atoms with Crippen LogP contribution in [0.4, 0.5) is 0 Å². The van der Waals surface area contributed by atoms with Crippen molar-refractivity contribution in [2.45, 2.75) is 46.3 Å². The van der Waals surface area contributed by atoms with Gasteiger partial charge < -0.3 is 14.3 Å². The molecule has 0 radical (unpaired) electrons. The zero-order chi connectivity index (χ0) is 11.9. The van der Waals surface area contributed by atoms with Crippen LogP contribution in [0, 0.1) is 0 Å². The summed E-state index contributed by atoms with van der Waals surface area (Å²) in [5.74, 6) is 0. The van der Waals surface area contributed by atoms with E-state index in [4.69, 9.17) is 14.3 Å². The van der Waals surface area contributed by atoms with E-state index in [1.54, 1.807) is 27.7 Å². The molecule has 15 heavy (non-hydrogen) atoms. The summed E-state index contributed by atoms with van der Waals surface area (Å²) in [4.78, 5) is 0. The fraction of sp³-hybridized carbons (Fsp3) is 0.889. The van der Waals surface area contributed by atoms with Gasteiger partial charge in [-0.2, -0.15) is 0 Å². The highest BCUT2D eigenvalue weighted by molar-refractivity contribution is 7.53. The van der Waals surface area contributed by atoms with Gasteiger partial charge in [-0.25, -0.2) is 0 Å². The fourth-order valence-electron chi connectivity index (χ4n) is 1.05. The van der Waals surface area contributed by atoms with Crippen LogP contribution in [0.25, 0.3) is 0 Å². The van der Waals surface area contributed by atoms with E-state index < -0.39 is 7.60 Å². The van der Waals surface area contributed by atoms with Crippen LogP contribution in [0.2, 0.25) is 0 Å². The Hall–Kier alpha value is -0.380. The predicted molar refractivity (Wildman–Crippen MR) is 59.8 cm³/mol. The third kappa shape index (κ3) is 7.54. The molecule has 0 aliphatic carbocycles. The second kappa shape index (κ2) is 6.99. The van der Waals surface area contributed by atoms with Gasteiger partial charge in [-0.1, -0.05) is 0 Å². The van der Waals surface area contributed by atoms with Gasteiger partial charge in [0.2, 0.25) is 0 Å². The molecule has 0 rings (SSSR count). The molecule has 1 N–H and O–H groups in total. The SMILES string of the molecule is CC(C)OP(=O)(CCC=NO)OC(C)C. The van der Waals surface area contributed by atoms with Gasteiger partial charge >= 0.3 is 7.60 Å². The van der Waals surface area contributed by atoms with Crippen molar-refractivity contribution in [3.8, 4) is 0 Å². The fourth-order valence-corrected chi connectivity index (χ4v) is 3.02. The van der Waals surface area contributed by atoms with Gasteiger partial charge in [0.15, 0.2) is 0 Å². The molecule has 0 fully saturated rings. The van der Waals surface area contributed by atoms with Gasteiger partial charge in [0.25, 0.3) is 0 Å². The Morgan fingerprint density at radius 2 is 1.73 bits per heavy atom. The molecule has 0 saturated carbocycles. The maximum absolute atomic E-state index is 12.1. The first-order valence-corrected chi connectivity index (χ1v) is 6.74. The lowest BCUT2D eigenvalue weighted by molar-refractivity contribution is 0.143. The van der Waals surface area contributed by atoms with E-state index >= 15 is 0 Å². The Kier molecular flexibility index (Phi) is 6.81. The van der Waals surface area contributed by atoms with Crippen molar-refractivity contribution in [1.82, 2.24) is 0 Å². The Balaban J connectivity index is 4.33. The molecule has 0 aliphatic heterocycles. The van der Waals surface area contributed by atoms with Crippen LogP contribution in [0.15, 0.2) is 5.16 Å². The molecule has 0 aliphatic rings. The van der Waals surface area contributed by atoms with Crippen molar-refractivity contribution in [1.29, 1.82) is 0 Å². The van der Waals surface area contributed by atoms with Gasteiger partial charge in [-0.3, -0.25) is 4.57 Å². The lowest BCUT2D eigenvalue weighted by atomic mass is 10.5. The molecule has 0 saturated heterocycles. The van der Waals surface area contributed by atoms with Crippen molar-refractivity contribution in [2.75, 3.05) is 6.16 Å². The second-order valence-corrected chi connectivity index (χ2v) is 5.82. The quantitative estimate of drug-likeness (QED) is 0.320. The van der Waals surface area contributed by atoms with Gasteiger partial charge in [-0.15, -0.1) is 5.16 Å². The highest BCUT2D eigenvalue weighted by atomic mass is 31.2. The Bertz CT molecular complexity index is 226. The van der Waals surface area contributed by atoms with Crippen molar-refractivity contribution < 1.29 is 18.8 Å². The average Bonchev–Trinajstić information content (AvgIpc) is 2.00. The average molecular weight is 237 g/mol. The van der Waals surface area contributed by atoms with E-state index in [1.807, 2.05) is 0 Å². The van der Waals surface area contributed by atoms with Crippen LogP contribution >= 0.6 is 7.60 Å². The monoisotopic (exact) mass is 237 g/mol. The molecular weight excluding hydrogens is 217 g/mol. The summed E-state index contributed by atoms with van der Waals surface area (Å²) in [5.41, 5.74) is 0. The zero-order valence-corrected chi connectivity index (χ0v) is 10.6. The minimum Gasteiger partial charge on any atom is -0.411 e. The predicted octanol–water partition coefficient (Wildman–Crippen LogP) is 2.88. The van der Waals surface area contributed by atoms with Crippen LogP contribution in [-0.2, 0) is 13.6 Å². The number of hydrogen-bond donors (Lipinski definition) is 1. The van der Waals surface area contributed by atoms with Crippen molar-refractivity contribution in [3.05, 3.63) is 0 Å². The molecular formula is C9H20NO4P. The molecule has 6 heteroatoms. The molecule has 0 aromatic rings. The number of hydrogen-bond acceptors (Lipinski definition) is 5. The minimum absolute atomic E-state index is 0.152. The summed E-state index contributed by atoms with van der Waals surface area (Å²) in [5, 5.41) is 11.1. The van der Waals surface area contributed by atoms with E-state index in [2.05, 4.69) is 5.16 Å². The molecule has 90 valence electrons. The first kappa shape index (κ1) is 14.6. The molecule has 0 amide bonds. The smallest absolute Gasteiger partial charge is 0.331 e. The van der Waals surface area contributed by atoms with Gasteiger partial charge in [0.1, 0.15) is 0 Å². The maximum atomic E-state index is 12.1. The highest BCUT2D eigenvalue weighted by Gasteiger charge is 2.26. The van der Waals surface area contributed by atoms with Crippen LogP contribution in [0.5, 0.6) is 0 Å². The summed E-state index contributed by atoms with van der Waals surface area (Å²) in [6, 6.07) is 0. The van der Waals surface area contributed by atoms with Crippen LogP contribution in [0.3, 0.4) is 0 Å². The summed E-state index contributed by atoms with van der Waals surface area (Å²) < 4.78 is 22.7. The lowest BCUT2D eigenvalue weighted by Crippen LogP contribution is -2.10. The largest absolute Gasteiger partial charge is 0.411 e. The first-order chi connectivity index (χ1) is 6.89.